The molecule has 1 atom stereocenters. The fourth-order valence-corrected chi connectivity index (χ4v) is 4.29. The lowest BCUT2D eigenvalue weighted by atomic mass is 10.1. The van der Waals surface area contributed by atoms with E-state index in [-0.39, 0.29) is 18.2 Å². The molecule has 2 aromatic rings. The number of hydrogen-bond donors (Lipinski definition) is 1. The highest BCUT2D eigenvalue weighted by molar-refractivity contribution is 7.13. The highest BCUT2D eigenvalue weighted by atomic mass is 32.1. The van der Waals surface area contributed by atoms with Gasteiger partial charge in [0.2, 0.25) is 0 Å². The molecule has 0 spiro atoms. The summed E-state index contributed by atoms with van der Waals surface area (Å²) in [5, 5.41) is 6.30. The normalized spacial score (nSPS) is 20.9. The first kappa shape index (κ1) is 17.1. The van der Waals surface area contributed by atoms with Gasteiger partial charge in [-0.15, -0.1) is 11.3 Å². The van der Waals surface area contributed by atoms with Crippen LogP contribution in [0.15, 0.2) is 35.8 Å². The molecule has 138 valence electrons. The number of benzene rings is 1. The average molecular weight is 372 g/mol. The Kier molecular flexibility index (Phi) is 4.97. The SMILES string of the molecule is CC1CN(C(=O)NC2CCN(c3nccs3)CC2)Cc2ccccc2O1. The Morgan fingerprint density at radius 2 is 2.12 bits per heavy atom. The lowest BCUT2D eigenvalue weighted by Crippen LogP contribution is -2.50. The van der Waals surface area contributed by atoms with Crippen molar-refractivity contribution in [2.45, 2.75) is 38.5 Å². The van der Waals surface area contributed by atoms with Crippen LogP contribution >= 0.6 is 11.3 Å². The first-order valence-corrected chi connectivity index (χ1v) is 10.0. The number of hydrogen-bond acceptors (Lipinski definition) is 5. The largest absolute Gasteiger partial charge is 0.489 e. The summed E-state index contributed by atoms with van der Waals surface area (Å²) in [4.78, 5) is 21.4. The highest BCUT2D eigenvalue weighted by Crippen LogP contribution is 2.25. The summed E-state index contributed by atoms with van der Waals surface area (Å²) >= 11 is 1.67. The molecule has 3 heterocycles. The molecule has 0 saturated carbocycles. The molecule has 7 heteroatoms. The fourth-order valence-electron chi connectivity index (χ4n) is 3.59. The predicted octanol–water partition coefficient (Wildman–Crippen LogP) is 3.10. The maximum atomic E-state index is 12.8. The number of nitrogens with zero attached hydrogens (tertiary/aromatic N) is 3. The molecule has 1 fully saturated rings. The standard InChI is InChI=1S/C19H24N4O2S/c1-14-12-23(13-15-4-2-3-5-17(15)25-14)18(24)21-16-6-9-22(10-7-16)19-20-8-11-26-19/h2-5,8,11,14,16H,6-7,9-10,12-13H2,1H3,(H,21,24). The summed E-state index contributed by atoms with van der Waals surface area (Å²) in [6.45, 7) is 5.05. The van der Waals surface area contributed by atoms with E-state index in [0.29, 0.717) is 13.1 Å². The molecule has 1 aromatic carbocycles. The van der Waals surface area contributed by atoms with Gasteiger partial charge in [-0.05, 0) is 25.8 Å². The number of para-hydroxylation sites is 1. The summed E-state index contributed by atoms with van der Waals surface area (Å²) in [6.07, 6.45) is 3.72. The molecule has 2 aliphatic rings. The molecular weight excluding hydrogens is 348 g/mol. The van der Waals surface area contributed by atoms with Crippen molar-refractivity contribution in [3.63, 3.8) is 0 Å². The second kappa shape index (κ2) is 7.53. The molecular formula is C19H24N4O2S. The van der Waals surface area contributed by atoms with Crippen LogP contribution in [0.4, 0.5) is 9.93 Å². The number of amides is 2. The zero-order chi connectivity index (χ0) is 17.9. The summed E-state index contributed by atoms with van der Waals surface area (Å²) < 4.78 is 5.95. The van der Waals surface area contributed by atoms with Crippen LogP contribution in [-0.4, -0.2) is 47.7 Å². The van der Waals surface area contributed by atoms with Gasteiger partial charge in [0.1, 0.15) is 11.9 Å². The smallest absolute Gasteiger partial charge is 0.318 e. The van der Waals surface area contributed by atoms with Gasteiger partial charge in [-0.2, -0.15) is 0 Å². The molecule has 1 N–H and O–H groups in total. The third-order valence-electron chi connectivity index (χ3n) is 4.94. The van der Waals surface area contributed by atoms with E-state index in [1.54, 1.807) is 11.3 Å². The average Bonchev–Trinajstić information content (AvgIpc) is 3.12. The van der Waals surface area contributed by atoms with Gasteiger partial charge < -0.3 is 19.9 Å². The second-order valence-corrected chi connectivity index (χ2v) is 7.82. The summed E-state index contributed by atoms with van der Waals surface area (Å²) in [5.41, 5.74) is 1.06. The van der Waals surface area contributed by atoms with Crippen molar-refractivity contribution in [2.75, 3.05) is 24.5 Å². The van der Waals surface area contributed by atoms with Crippen molar-refractivity contribution in [2.24, 2.45) is 0 Å². The molecule has 2 amide bonds. The molecule has 26 heavy (non-hydrogen) atoms. The van der Waals surface area contributed by atoms with E-state index in [2.05, 4.69) is 15.2 Å². The van der Waals surface area contributed by atoms with Gasteiger partial charge >= 0.3 is 6.03 Å². The Labute approximate surface area is 157 Å². The van der Waals surface area contributed by atoms with E-state index in [9.17, 15) is 4.79 Å². The number of thiazole rings is 1. The fraction of sp³-hybridized carbons (Fsp3) is 0.474. The highest BCUT2D eigenvalue weighted by Gasteiger charge is 2.27. The Hall–Kier alpha value is -2.28. The van der Waals surface area contributed by atoms with Crippen molar-refractivity contribution in [1.82, 2.24) is 15.2 Å². The molecule has 6 nitrogen and oxygen atoms in total. The van der Waals surface area contributed by atoms with Crippen LogP contribution in [0.5, 0.6) is 5.75 Å². The lowest BCUT2D eigenvalue weighted by Gasteiger charge is -2.33. The summed E-state index contributed by atoms with van der Waals surface area (Å²) in [6, 6.07) is 8.18. The minimum atomic E-state index is -0.0175. The van der Waals surface area contributed by atoms with Gasteiger partial charge in [-0.25, -0.2) is 9.78 Å². The third-order valence-corrected chi connectivity index (χ3v) is 5.77. The third kappa shape index (κ3) is 3.77. The maximum Gasteiger partial charge on any atom is 0.318 e. The zero-order valence-corrected chi connectivity index (χ0v) is 15.7. The number of carbonyl (C=O) groups excluding carboxylic acids is 1. The van der Waals surface area contributed by atoms with Gasteiger partial charge in [0.15, 0.2) is 5.13 Å². The van der Waals surface area contributed by atoms with Crippen LogP contribution in [0.2, 0.25) is 0 Å². The van der Waals surface area contributed by atoms with Crippen molar-refractivity contribution in [1.29, 1.82) is 0 Å². The van der Waals surface area contributed by atoms with Gasteiger partial charge in [0.25, 0.3) is 0 Å². The zero-order valence-electron chi connectivity index (χ0n) is 14.9. The molecule has 1 aromatic heterocycles. The number of anilines is 1. The number of piperidine rings is 1. The van der Waals surface area contributed by atoms with Crippen molar-refractivity contribution in [3.05, 3.63) is 41.4 Å². The number of nitrogens with one attached hydrogen (secondary N) is 1. The Morgan fingerprint density at radius 1 is 1.31 bits per heavy atom. The molecule has 0 bridgehead atoms. The molecule has 1 unspecified atom stereocenters. The Morgan fingerprint density at radius 3 is 2.88 bits per heavy atom. The lowest BCUT2D eigenvalue weighted by molar-refractivity contribution is 0.155. The van der Waals surface area contributed by atoms with E-state index in [1.165, 1.54) is 0 Å². The van der Waals surface area contributed by atoms with Gasteiger partial charge in [-0.1, -0.05) is 18.2 Å². The van der Waals surface area contributed by atoms with Crippen molar-refractivity contribution >= 4 is 22.5 Å². The molecule has 0 radical (unpaired) electrons. The molecule has 1 saturated heterocycles. The molecule has 2 aliphatic heterocycles. The first-order chi connectivity index (χ1) is 12.7. The molecule has 4 rings (SSSR count). The van der Waals surface area contributed by atoms with E-state index in [1.807, 2.05) is 47.7 Å². The van der Waals surface area contributed by atoms with Crippen LogP contribution in [0.25, 0.3) is 0 Å². The van der Waals surface area contributed by atoms with Crippen molar-refractivity contribution < 1.29 is 9.53 Å². The van der Waals surface area contributed by atoms with Crippen LogP contribution in [0.1, 0.15) is 25.3 Å². The molecule has 0 aliphatic carbocycles. The number of carbonyl (C=O) groups is 1. The topological polar surface area (TPSA) is 57.7 Å². The van der Waals surface area contributed by atoms with E-state index in [0.717, 1.165) is 42.4 Å². The number of fused-ring (bicyclic) bond motifs is 1. The minimum absolute atomic E-state index is 0.00449. The van der Waals surface area contributed by atoms with Crippen LogP contribution in [0, 0.1) is 0 Å². The minimum Gasteiger partial charge on any atom is -0.489 e. The van der Waals surface area contributed by atoms with Gasteiger partial charge in [-0.3, -0.25) is 0 Å². The number of ether oxygens (including phenoxy) is 1. The van der Waals surface area contributed by atoms with E-state index in [4.69, 9.17) is 4.74 Å². The van der Waals surface area contributed by atoms with Crippen molar-refractivity contribution in [3.8, 4) is 5.75 Å². The number of urea groups is 1. The van der Waals surface area contributed by atoms with Gasteiger partial charge in [0.05, 0.1) is 13.1 Å². The van der Waals surface area contributed by atoms with Crippen LogP contribution in [-0.2, 0) is 6.54 Å². The maximum absolute atomic E-state index is 12.8. The summed E-state index contributed by atoms with van der Waals surface area (Å²) in [7, 11) is 0. The Balaban J connectivity index is 1.35. The number of rotatable bonds is 2. The monoisotopic (exact) mass is 372 g/mol. The van der Waals surface area contributed by atoms with Gasteiger partial charge in [0, 0.05) is 36.3 Å². The quantitative estimate of drug-likeness (QED) is 0.880. The van der Waals surface area contributed by atoms with Crippen LogP contribution in [0.3, 0.4) is 0 Å². The van der Waals surface area contributed by atoms with Crippen LogP contribution < -0.4 is 15.0 Å². The first-order valence-electron chi connectivity index (χ1n) is 9.13. The van der Waals surface area contributed by atoms with E-state index < -0.39 is 0 Å². The predicted molar refractivity (Wildman–Crippen MR) is 103 cm³/mol. The van der Waals surface area contributed by atoms with E-state index >= 15 is 0 Å². The Bertz CT molecular complexity index is 744. The number of aromatic nitrogens is 1. The summed E-state index contributed by atoms with van der Waals surface area (Å²) in [5.74, 6) is 0.882. The second-order valence-electron chi connectivity index (χ2n) is 6.94.